The van der Waals surface area contributed by atoms with Gasteiger partial charge in [-0.25, -0.2) is 0 Å². The van der Waals surface area contributed by atoms with Crippen LogP contribution in [0.1, 0.15) is 34.8 Å². The number of thioether (sulfide) groups is 1. The minimum atomic E-state index is -0.183. The fourth-order valence-electron chi connectivity index (χ4n) is 3.56. The third-order valence-electron chi connectivity index (χ3n) is 5.43. The number of hydrogen-bond donors (Lipinski definition) is 2. The van der Waals surface area contributed by atoms with E-state index < -0.39 is 0 Å². The predicted molar refractivity (Wildman–Crippen MR) is 134 cm³/mol. The number of benzene rings is 3. The molecule has 1 heterocycles. The number of carbonyl (C=O) groups excluding carboxylic acids is 2. The van der Waals surface area contributed by atoms with Crippen LogP contribution in [0.15, 0.2) is 82.6 Å². The molecule has 1 atom stereocenters. The van der Waals surface area contributed by atoms with Crippen LogP contribution in [0, 0.1) is 0 Å². The topological polar surface area (TPSA) is 67.4 Å². The largest absolute Gasteiger partial charge is 0.497 e. The van der Waals surface area contributed by atoms with Crippen LogP contribution >= 0.6 is 11.8 Å². The molecule has 168 valence electrons. The summed E-state index contributed by atoms with van der Waals surface area (Å²) < 4.78 is 5.18. The minimum Gasteiger partial charge on any atom is -0.497 e. The van der Waals surface area contributed by atoms with Gasteiger partial charge in [0.25, 0.3) is 11.8 Å². The van der Waals surface area contributed by atoms with Gasteiger partial charge in [0.05, 0.1) is 17.7 Å². The standard InChI is InChI=1S/C27H26N2O3S/c1-18(8-9-19-6-4-3-5-7-19)28-26(30)21-12-15-24-23(17-21)29-27(31)25(33-24)16-20-10-13-22(32-2)14-11-20/h3-7,10-18H,8-9H2,1-2H3,(H,28,30)(H,29,31)/b25-16+. The molecule has 6 heteroatoms. The summed E-state index contributed by atoms with van der Waals surface area (Å²) in [5.74, 6) is 0.442. The molecule has 0 saturated carbocycles. The number of hydrogen-bond acceptors (Lipinski definition) is 4. The van der Waals surface area contributed by atoms with E-state index in [0.717, 1.165) is 29.1 Å². The Morgan fingerprint density at radius 3 is 2.58 bits per heavy atom. The first kappa shape index (κ1) is 22.7. The first-order valence-corrected chi connectivity index (χ1v) is 11.7. The molecule has 1 unspecified atom stereocenters. The van der Waals surface area contributed by atoms with E-state index in [-0.39, 0.29) is 17.9 Å². The van der Waals surface area contributed by atoms with E-state index in [0.29, 0.717) is 16.2 Å². The zero-order chi connectivity index (χ0) is 23.2. The SMILES string of the molecule is COc1ccc(/C=C2/Sc3ccc(C(=O)NC(C)CCc4ccccc4)cc3NC2=O)cc1. The fourth-order valence-corrected chi connectivity index (χ4v) is 4.49. The molecule has 0 spiro atoms. The van der Waals surface area contributed by atoms with Crippen LogP contribution in [0.2, 0.25) is 0 Å². The number of ether oxygens (including phenoxy) is 1. The van der Waals surface area contributed by atoms with E-state index in [1.807, 2.05) is 61.5 Å². The van der Waals surface area contributed by atoms with Crippen molar-refractivity contribution in [3.8, 4) is 5.75 Å². The van der Waals surface area contributed by atoms with Crippen molar-refractivity contribution in [3.63, 3.8) is 0 Å². The van der Waals surface area contributed by atoms with Crippen LogP contribution in [-0.2, 0) is 11.2 Å². The summed E-state index contributed by atoms with van der Waals surface area (Å²) in [5.41, 5.74) is 3.35. The maximum absolute atomic E-state index is 12.7. The average Bonchev–Trinajstić information content (AvgIpc) is 2.84. The third kappa shape index (κ3) is 5.84. The van der Waals surface area contributed by atoms with Gasteiger partial charge in [-0.3, -0.25) is 9.59 Å². The highest BCUT2D eigenvalue weighted by Crippen LogP contribution is 2.39. The number of methoxy groups -OCH3 is 1. The summed E-state index contributed by atoms with van der Waals surface area (Å²) in [5, 5.41) is 5.97. The van der Waals surface area contributed by atoms with Crippen molar-refractivity contribution in [2.24, 2.45) is 0 Å². The first-order chi connectivity index (χ1) is 16.0. The highest BCUT2D eigenvalue weighted by atomic mass is 32.2. The molecule has 0 saturated heterocycles. The number of carbonyl (C=O) groups is 2. The summed E-state index contributed by atoms with van der Waals surface area (Å²) in [7, 11) is 1.62. The van der Waals surface area contributed by atoms with Crippen LogP contribution in [0.25, 0.3) is 6.08 Å². The molecule has 0 aromatic heterocycles. The van der Waals surface area contributed by atoms with E-state index in [2.05, 4.69) is 22.8 Å². The number of anilines is 1. The second-order valence-corrected chi connectivity index (χ2v) is 9.03. The van der Waals surface area contributed by atoms with Crippen LogP contribution in [0.4, 0.5) is 5.69 Å². The molecule has 2 amide bonds. The molecule has 0 aliphatic carbocycles. The molecule has 33 heavy (non-hydrogen) atoms. The Morgan fingerprint density at radius 1 is 1.09 bits per heavy atom. The monoisotopic (exact) mass is 458 g/mol. The maximum Gasteiger partial charge on any atom is 0.262 e. The molecule has 5 nitrogen and oxygen atoms in total. The molecule has 0 radical (unpaired) electrons. The zero-order valence-electron chi connectivity index (χ0n) is 18.6. The van der Waals surface area contributed by atoms with E-state index in [1.54, 1.807) is 19.2 Å². The van der Waals surface area contributed by atoms with E-state index in [4.69, 9.17) is 4.74 Å². The van der Waals surface area contributed by atoms with Gasteiger partial charge in [0.1, 0.15) is 5.75 Å². The van der Waals surface area contributed by atoms with Gasteiger partial charge in [0, 0.05) is 16.5 Å². The molecule has 1 aliphatic rings. The quantitative estimate of drug-likeness (QED) is 0.457. The lowest BCUT2D eigenvalue weighted by molar-refractivity contribution is -0.112. The molecule has 0 fully saturated rings. The van der Waals surface area contributed by atoms with Gasteiger partial charge in [0.2, 0.25) is 0 Å². The molecule has 4 rings (SSSR count). The van der Waals surface area contributed by atoms with Crippen LogP contribution < -0.4 is 15.4 Å². The average molecular weight is 459 g/mol. The smallest absolute Gasteiger partial charge is 0.262 e. The van der Waals surface area contributed by atoms with Crippen LogP contribution in [-0.4, -0.2) is 25.0 Å². The summed E-state index contributed by atoms with van der Waals surface area (Å²) in [6, 6.07) is 23.2. The summed E-state index contributed by atoms with van der Waals surface area (Å²) in [6.45, 7) is 2.01. The number of amides is 2. The van der Waals surface area contributed by atoms with Crippen molar-refractivity contribution in [2.75, 3.05) is 12.4 Å². The summed E-state index contributed by atoms with van der Waals surface area (Å²) in [4.78, 5) is 26.9. The van der Waals surface area contributed by atoms with Gasteiger partial charge < -0.3 is 15.4 Å². The zero-order valence-corrected chi connectivity index (χ0v) is 19.4. The summed E-state index contributed by atoms with van der Waals surface area (Å²) >= 11 is 1.40. The van der Waals surface area contributed by atoms with Gasteiger partial charge in [-0.2, -0.15) is 0 Å². The minimum absolute atomic E-state index is 0.0386. The maximum atomic E-state index is 12.7. The third-order valence-corrected chi connectivity index (χ3v) is 6.53. The molecular formula is C27H26N2O3S. The van der Waals surface area contributed by atoms with Crippen molar-refractivity contribution in [1.29, 1.82) is 0 Å². The van der Waals surface area contributed by atoms with Crippen molar-refractivity contribution >= 4 is 35.3 Å². The Hall–Kier alpha value is -3.51. The van der Waals surface area contributed by atoms with E-state index in [1.165, 1.54) is 17.3 Å². The molecule has 0 bridgehead atoms. The van der Waals surface area contributed by atoms with Crippen LogP contribution in [0.5, 0.6) is 5.75 Å². The van der Waals surface area contributed by atoms with Crippen molar-refractivity contribution in [2.45, 2.75) is 30.7 Å². The van der Waals surface area contributed by atoms with E-state index >= 15 is 0 Å². The van der Waals surface area contributed by atoms with Gasteiger partial charge in [-0.15, -0.1) is 0 Å². The highest BCUT2D eigenvalue weighted by Gasteiger charge is 2.22. The van der Waals surface area contributed by atoms with Gasteiger partial charge >= 0.3 is 0 Å². The lowest BCUT2D eigenvalue weighted by Crippen LogP contribution is -2.33. The second-order valence-electron chi connectivity index (χ2n) is 7.95. The van der Waals surface area contributed by atoms with Crippen molar-refractivity contribution < 1.29 is 14.3 Å². The lowest BCUT2D eigenvalue weighted by atomic mass is 10.1. The molecule has 3 aromatic carbocycles. The molecule has 3 aromatic rings. The number of nitrogens with one attached hydrogen (secondary N) is 2. The van der Waals surface area contributed by atoms with Gasteiger partial charge in [0.15, 0.2) is 0 Å². The molecule has 1 aliphatic heterocycles. The van der Waals surface area contributed by atoms with Crippen molar-refractivity contribution in [3.05, 3.63) is 94.4 Å². The van der Waals surface area contributed by atoms with E-state index in [9.17, 15) is 9.59 Å². The first-order valence-electron chi connectivity index (χ1n) is 10.9. The second kappa shape index (κ2) is 10.4. The Balaban J connectivity index is 1.40. The van der Waals surface area contributed by atoms with Gasteiger partial charge in [-0.05, 0) is 67.3 Å². The summed E-state index contributed by atoms with van der Waals surface area (Å²) in [6.07, 6.45) is 3.60. The lowest BCUT2D eigenvalue weighted by Gasteiger charge is -2.20. The number of rotatable bonds is 7. The van der Waals surface area contributed by atoms with Crippen molar-refractivity contribution in [1.82, 2.24) is 5.32 Å². The Kier molecular flexibility index (Phi) is 7.15. The Bertz CT molecular complexity index is 1170. The normalized spacial score (nSPS) is 14.8. The number of aryl methyl sites for hydroxylation is 1. The highest BCUT2D eigenvalue weighted by molar-refractivity contribution is 8.04. The fraction of sp³-hybridized carbons (Fsp3) is 0.185. The Morgan fingerprint density at radius 2 is 1.85 bits per heavy atom. The van der Waals surface area contributed by atoms with Crippen LogP contribution in [0.3, 0.4) is 0 Å². The predicted octanol–water partition coefficient (Wildman–Crippen LogP) is 5.53. The Labute approximate surface area is 198 Å². The molecular weight excluding hydrogens is 432 g/mol. The van der Waals surface area contributed by atoms with Gasteiger partial charge in [-0.1, -0.05) is 54.2 Å². The molecule has 2 N–H and O–H groups in total. The number of fused-ring (bicyclic) bond motifs is 1.